The molecule has 4 N–H and O–H groups in total. The van der Waals surface area contributed by atoms with Crippen LogP contribution in [0.5, 0.6) is 5.88 Å². The van der Waals surface area contributed by atoms with Gasteiger partial charge in [0.2, 0.25) is 11.8 Å². The maximum atomic E-state index is 12.6. The molecule has 2 heterocycles. The Kier molecular flexibility index (Phi) is 8.43. The van der Waals surface area contributed by atoms with Crippen LogP contribution in [0, 0.1) is 12.3 Å². The molecule has 0 aliphatic carbocycles. The maximum Gasteiger partial charge on any atom is 0.220 e. The van der Waals surface area contributed by atoms with Crippen molar-refractivity contribution in [3.05, 3.63) is 94.2 Å². The molecule has 0 aliphatic rings. The summed E-state index contributed by atoms with van der Waals surface area (Å²) in [5.74, 6) is 0.138. The molecule has 0 aliphatic heterocycles. The molecule has 1 unspecified atom stereocenters. The van der Waals surface area contributed by atoms with E-state index in [0.717, 1.165) is 16.7 Å². The zero-order valence-corrected chi connectivity index (χ0v) is 21.6. The third-order valence-electron chi connectivity index (χ3n) is 5.61. The summed E-state index contributed by atoms with van der Waals surface area (Å²) in [6.45, 7) is 2.24. The van der Waals surface area contributed by atoms with E-state index in [1.54, 1.807) is 35.3 Å². The average Bonchev–Trinajstić information content (AvgIpc) is 3.32. The molecule has 37 heavy (non-hydrogen) atoms. The molecule has 8 nitrogen and oxygen atoms in total. The van der Waals surface area contributed by atoms with Gasteiger partial charge in [0, 0.05) is 30.4 Å². The lowest BCUT2D eigenvalue weighted by molar-refractivity contribution is -0.121. The number of hydrogen-bond acceptors (Lipinski definition) is 5. The van der Waals surface area contributed by atoms with Crippen LogP contribution < -0.4 is 15.8 Å². The van der Waals surface area contributed by atoms with Crippen molar-refractivity contribution in [2.45, 2.75) is 25.8 Å². The van der Waals surface area contributed by atoms with Crippen molar-refractivity contribution in [1.82, 2.24) is 20.1 Å². The second-order valence-electron chi connectivity index (χ2n) is 8.44. The number of benzene rings is 2. The number of aromatic nitrogens is 3. The minimum absolute atomic E-state index is 0.123. The molecule has 0 radical (unpaired) electrons. The molecule has 0 spiro atoms. The van der Waals surface area contributed by atoms with Crippen LogP contribution in [0.4, 0.5) is 0 Å². The number of carbonyl (C=O) groups is 1. The molecule has 2 aromatic carbocycles. The number of ether oxygens (including phenoxy) is 1. The van der Waals surface area contributed by atoms with Gasteiger partial charge < -0.3 is 15.8 Å². The lowest BCUT2D eigenvalue weighted by atomic mass is 10.0. The number of amidine groups is 1. The van der Waals surface area contributed by atoms with Crippen molar-refractivity contribution >= 4 is 34.9 Å². The van der Waals surface area contributed by atoms with Gasteiger partial charge in [-0.05, 0) is 49.2 Å². The quantitative estimate of drug-likeness (QED) is 0.140. The van der Waals surface area contributed by atoms with Crippen LogP contribution >= 0.6 is 23.2 Å². The van der Waals surface area contributed by atoms with E-state index in [1.165, 1.54) is 0 Å². The van der Waals surface area contributed by atoms with E-state index in [0.29, 0.717) is 33.7 Å². The van der Waals surface area contributed by atoms with E-state index < -0.39 is 6.04 Å². The number of amides is 1. The zero-order valence-electron chi connectivity index (χ0n) is 20.1. The highest BCUT2D eigenvalue weighted by atomic mass is 35.5. The van der Waals surface area contributed by atoms with Crippen LogP contribution in [-0.4, -0.2) is 33.1 Å². The van der Waals surface area contributed by atoms with Crippen molar-refractivity contribution in [2.75, 3.05) is 6.61 Å². The predicted octanol–water partition coefficient (Wildman–Crippen LogP) is 5.50. The van der Waals surface area contributed by atoms with Crippen molar-refractivity contribution in [3.8, 4) is 22.8 Å². The van der Waals surface area contributed by atoms with Crippen LogP contribution in [0.1, 0.15) is 30.0 Å². The van der Waals surface area contributed by atoms with Gasteiger partial charge in [-0.2, -0.15) is 5.10 Å². The molecule has 0 bridgehead atoms. The van der Waals surface area contributed by atoms with Crippen molar-refractivity contribution in [2.24, 2.45) is 5.73 Å². The lowest BCUT2D eigenvalue weighted by Gasteiger charge is -2.18. The van der Waals surface area contributed by atoms with Gasteiger partial charge >= 0.3 is 0 Å². The Morgan fingerprint density at radius 1 is 1.14 bits per heavy atom. The Bertz CT molecular complexity index is 1390. The first-order chi connectivity index (χ1) is 17.8. The third-order valence-corrected chi connectivity index (χ3v) is 6.35. The molecular weight excluding hydrogens is 511 g/mol. The molecule has 0 saturated carbocycles. The fourth-order valence-corrected chi connectivity index (χ4v) is 3.96. The normalized spacial score (nSPS) is 11.6. The van der Waals surface area contributed by atoms with Crippen LogP contribution in [-0.2, 0) is 4.79 Å². The van der Waals surface area contributed by atoms with E-state index in [-0.39, 0.29) is 24.8 Å². The lowest BCUT2D eigenvalue weighted by Crippen LogP contribution is -2.37. The molecule has 4 aromatic rings. The summed E-state index contributed by atoms with van der Waals surface area (Å²) in [5.41, 5.74) is 9.77. The van der Waals surface area contributed by atoms with E-state index >= 15 is 0 Å². The first kappa shape index (κ1) is 26.2. The van der Waals surface area contributed by atoms with Crippen LogP contribution in [0.25, 0.3) is 16.9 Å². The maximum absolute atomic E-state index is 12.6. The summed E-state index contributed by atoms with van der Waals surface area (Å²) in [6.07, 6.45) is 4.05. The van der Waals surface area contributed by atoms with Gasteiger partial charge in [0.25, 0.3) is 0 Å². The van der Waals surface area contributed by atoms with E-state index in [9.17, 15) is 4.79 Å². The van der Waals surface area contributed by atoms with Crippen molar-refractivity contribution in [3.63, 3.8) is 0 Å². The minimum atomic E-state index is -0.674. The van der Waals surface area contributed by atoms with Crippen molar-refractivity contribution in [1.29, 1.82) is 5.41 Å². The molecule has 4 rings (SSSR count). The molecular formula is C27H26Cl2N6O2. The zero-order chi connectivity index (χ0) is 26.4. The summed E-state index contributed by atoms with van der Waals surface area (Å²) in [5, 5.41) is 16.2. The number of nitrogens with one attached hydrogen (secondary N) is 2. The Balaban J connectivity index is 1.42. The van der Waals surface area contributed by atoms with E-state index in [2.05, 4.69) is 15.4 Å². The van der Waals surface area contributed by atoms with E-state index in [4.69, 9.17) is 39.1 Å². The highest BCUT2D eigenvalue weighted by Crippen LogP contribution is 2.29. The molecule has 0 fully saturated rings. The van der Waals surface area contributed by atoms with Gasteiger partial charge in [-0.1, -0.05) is 53.0 Å². The molecule has 10 heteroatoms. The molecule has 0 saturated heterocycles. The summed E-state index contributed by atoms with van der Waals surface area (Å²) in [6, 6.07) is 17.6. The number of carbonyl (C=O) groups excluding carboxylic acids is 1. The highest BCUT2D eigenvalue weighted by Gasteiger charge is 2.18. The minimum Gasteiger partial charge on any atom is -0.478 e. The van der Waals surface area contributed by atoms with E-state index in [1.807, 2.05) is 49.4 Å². The second kappa shape index (κ2) is 11.9. The van der Waals surface area contributed by atoms with Crippen LogP contribution in [0.15, 0.2) is 73.1 Å². The van der Waals surface area contributed by atoms with Gasteiger partial charge in [0.1, 0.15) is 11.9 Å². The second-order valence-corrected chi connectivity index (χ2v) is 9.25. The highest BCUT2D eigenvalue weighted by molar-refractivity contribution is 6.42. The number of aryl methyl sites for hydroxylation is 1. The number of nitrogens with two attached hydrogens (primary N) is 1. The first-order valence-corrected chi connectivity index (χ1v) is 12.4. The molecule has 2 aromatic heterocycles. The van der Waals surface area contributed by atoms with Gasteiger partial charge in [0.05, 0.1) is 28.0 Å². The fourth-order valence-electron chi connectivity index (χ4n) is 3.67. The van der Waals surface area contributed by atoms with Gasteiger partial charge in [-0.3, -0.25) is 15.2 Å². The average molecular weight is 537 g/mol. The number of halogens is 2. The first-order valence-electron chi connectivity index (χ1n) is 11.6. The SMILES string of the molecule is Cc1ccc(C(NC(=O)CCCOc2cc(-c3cccnc3)nn2-c2ccc(Cl)c(Cl)c2)C(=N)N)cc1. The predicted molar refractivity (Wildman–Crippen MR) is 146 cm³/mol. The molecule has 1 amide bonds. The Morgan fingerprint density at radius 3 is 2.59 bits per heavy atom. The molecule has 1 atom stereocenters. The Labute approximate surface area is 224 Å². The van der Waals surface area contributed by atoms with Gasteiger partial charge in [-0.15, -0.1) is 0 Å². The summed E-state index contributed by atoms with van der Waals surface area (Å²) < 4.78 is 7.65. The number of hydrogen-bond donors (Lipinski definition) is 3. The standard InChI is InChI=1S/C27H26Cl2N6O2/c1-17-6-8-18(9-7-17)26(27(30)31)33-24(36)5-3-13-37-25-15-23(19-4-2-12-32-16-19)34-35(25)20-10-11-21(28)22(29)14-20/h2,4,6-12,14-16,26H,3,5,13H2,1H3,(H3,30,31)(H,33,36). The Morgan fingerprint density at radius 2 is 1.92 bits per heavy atom. The molecule has 190 valence electrons. The topological polar surface area (TPSA) is 119 Å². The summed E-state index contributed by atoms with van der Waals surface area (Å²) in [7, 11) is 0. The third kappa shape index (κ3) is 6.67. The Hall–Kier alpha value is -3.88. The number of nitrogens with zero attached hydrogens (tertiary/aromatic N) is 3. The smallest absolute Gasteiger partial charge is 0.220 e. The number of pyridine rings is 1. The van der Waals surface area contributed by atoms with Crippen LogP contribution in [0.3, 0.4) is 0 Å². The summed E-state index contributed by atoms with van der Waals surface area (Å²) in [4.78, 5) is 16.7. The fraction of sp³-hybridized carbons (Fsp3) is 0.185. The monoisotopic (exact) mass is 536 g/mol. The largest absolute Gasteiger partial charge is 0.478 e. The van der Waals surface area contributed by atoms with Gasteiger partial charge in [0.15, 0.2) is 0 Å². The van der Waals surface area contributed by atoms with Gasteiger partial charge in [-0.25, -0.2) is 4.68 Å². The summed E-state index contributed by atoms with van der Waals surface area (Å²) >= 11 is 12.3. The van der Waals surface area contributed by atoms with Crippen LogP contribution in [0.2, 0.25) is 10.0 Å². The van der Waals surface area contributed by atoms with Crippen molar-refractivity contribution < 1.29 is 9.53 Å². The number of rotatable bonds is 10.